The first-order valence-corrected chi connectivity index (χ1v) is 5.86. The molecule has 8 nitrogen and oxygen atoms in total. The van der Waals surface area contributed by atoms with Gasteiger partial charge in [-0.1, -0.05) is 0 Å². The molecule has 1 amide bonds. The zero-order chi connectivity index (χ0) is 15.4. The van der Waals surface area contributed by atoms with E-state index >= 15 is 0 Å². The Kier molecular flexibility index (Phi) is 3.98. The number of carbonyl (C=O) groups excluding carboxylic acids is 1. The molecule has 2 rings (SSSR count). The summed E-state index contributed by atoms with van der Waals surface area (Å²) in [5.74, 6) is -1.90. The number of hydrogen-bond donors (Lipinski definition) is 3. The van der Waals surface area contributed by atoms with Gasteiger partial charge in [0.1, 0.15) is 18.0 Å². The van der Waals surface area contributed by atoms with E-state index in [-0.39, 0.29) is 17.1 Å². The molecule has 0 aliphatic rings. The number of phenolic OH excluding ortho intramolecular Hbond substituents is 1. The maximum atomic E-state index is 12.3. The fourth-order valence-corrected chi connectivity index (χ4v) is 1.65. The fourth-order valence-electron chi connectivity index (χ4n) is 1.65. The molecule has 0 saturated carbocycles. The summed E-state index contributed by atoms with van der Waals surface area (Å²) in [7, 11) is 0. The van der Waals surface area contributed by atoms with Crippen LogP contribution >= 0.6 is 0 Å². The Morgan fingerprint density at radius 3 is 2.33 bits per heavy atom. The van der Waals surface area contributed by atoms with Gasteiger partial charge in [0.15, 0.2) is 0 Å². The SMILES string of the molecule is O=C(O)CN(C(=O)c1ccc(=O)[nH]n1)c1ccc(O)cc1. The van der Waals surface area contributed by atoms with E-state index in [9.17, 15) is 19.5 Å². The van der Waals surface area contributed by atoms with E-state index in [2.05, 4.69) is 10.2 Å². The molecule has 0 aliphatic carbocycles. The van der Waals surface area contributed by atoms with Gasteiger partial charge >= 0.3 is 5.97 Å². The van der Waals surface area contributed by atoms with Crippen molar-refractivity contribution in [2.24, 2.45) is 0 Å². The Morgan fingerprint density at radius 2 is 1.81 bits per heavy atom. The molecule has 0 unspecified atom stereocenters. The number of nitrogens with one attached hydrogen (secondary N) is 1. The number of benzene rings is 1. The van der Waals surface area contributed by atoms with Gasteiger partial charge < -0.3 is 10.2 Å². The number of nitrogens with zero attached hydrogens (tertiary/aromatic N) is 2. The van der Waals surface area contributed by atoms with E-state index < -0.39 is 24.0 Å². The minimum atomic E-state index is -1.21. The summed E-state index contributed by atoms with van der Waals surface area (Å²) in [5, 5.41) is 23.8. The zero-order valence-corrected chi connectivity index (χ0v) is 10.7. The number of carbonyl (C=O) groups is 2. The summed E-state index contributed by atoms with van der Waals surface area (Å²) < 4.78 is 0. The molecule has 0 atom stereocenters. The normalized spacial score (nSPS) is 10.1. The summed E-state index contributed by atoms with van der Waals surface area (Å²) in [5.41, 5.74) is -0.280. The monoisotopic (exact) mass is 289 g/mol. The topological polar surface area (TPSA) is 124 Å². The lowest BCUT2D eigenvalue weighted by Gasteiger charge is -2.20. The van der Waals surface area contributed by atoms with E-state index in [1.165, 1.54) is 30.3 Å². The third kappa shape index (κ3) is 3.44. The van der Waals surface area contributed by atoms with Crippen LogP contribution in [0.5, 0.6) is 5.75 Å². The molecule has 2 aromatic rings. The number of carboxylic acid groups (broad SMARTS) is 1. The number of aliphatic carboxylic acids is 1. The Hall–Kier alpha value is -3.16. The average molecular weight is 289 g/mol. The number of aromatic amines is 1. The van der Waals surface area contributed by atoms with Crippen molar-refractivity contribution in [3.05, 3.63) is 52.4 Å². The molecule has 21 heavy (non-hydrogen) atoms. The number of phenols is 1. The summed E-state index contributed by atoms with van der Waals surface area (Å²) in [6.07, 6.45) is 0. The lowest BCUT2D eigenvalue weighted by molar-refractivity contribution is -0.135. The van der Waals surface area contributed by atoms with Crippen molar-refractivity contribution < 1.29 is 19.8 Å². The smallest absolute Gasteiger partial charge is 0.323 e. The van der Waals surface area contributed by atoms with E-state index in [1.54, 1.807) is 0 Å². The summed E-state index contributed by atoms with van der Waals surface area (Å²) >= 11 is 0. The fraction of sp³-hybridized carbons (Fsp3) is 0.0769. The predicted molar refractivity (Wildman–Crippen MR) is 72.3 cm³/mol. The van der Waals surface area contributed by atoms with Crippen LogP contribution in [0.1, 0.15) is 10.5 Å². The van der Waals surface area contributed by atoms with E-state index in [1.807, 2.05) is 0 Å². The van der Waals surface area contributed by atoms with Crippen LogP contribution in [0.25, 0.3) is 0 Å². The van der Waals surface area contributed by atoms with Crippen LogP contribution in [-0.4, -0.2) is 38.8 Å². The predicted octanol–water partition coefficient (Wildman–Crippen LogP) is 0.207. The maximum Gasteiger partial charge on any atom is 0.323 e. The van der Waals surface area contributed by atoms with Gasteiger partial charge in [0.2, 0.25) is 0 Å². The molecule has 0 fully saturated rings. The van der Waals surface area contributed by atoms with Crippen molar-refractivity contribution in [2.75, 3.05) is 11.4 Å². The Morgan fingerprint density at radius 1 is 1.14 bits per heavy atom. The van der Waals surface area contributed by atoms with Crippen molar-refractivity contribution >= 4 is 17.6 Å². The third-order valence-corrected chi connectivity index (χ3v) is 2.60. The first-order valence-electron chi connectivity index (χ1n) is 5.86. The van der Waals surface area contributed by atoms with Crippen LogP contribution < -0.4 is 10.5 Å². The minimum Gasteiger partial charge on any atom is -0.508 e. The molecule has 0 aliphatic heterocycles. The van der Waals surface area contributed by atoms with Gasteiger partial charge in [0.25, 0.3) is 11.5 Å². The van der Waals surface area contributed by atoms with Crippen molar-refractivity contribution in [3.63, 3.8) is 0 Å². The molecule has 0 bridgehead atoms. The highest BCUT2D eigenvalue weighted by Crippen LogP contribution is 2.19. The molecule has 0 radical (unpaired) electrons. The Bertz CT molecular complexity index is 703. The van der Waals surface area contributed by atoms with Gasteiger partial charge in [-0.2, -0.15) is 5.10 Å². The quantitative estimate of drug-likeness (QED) is 0.739. The van der Waals surface area contributed by atoms with Gasteiger partial charge in [-0.3, -0.25) is 19.3 Å². The number of hydrogen-bond acceptors (Lipinski definition) is 5. The van der Waals surface area contributed by atoms with Gasteiger partial charge in [0, 0.05) is 11.8 Å². The first kappa shape index (κ1) is 14.3. The molecular formula is C13H11N3O5. The second-order valence-corrected chi connectivity index (χ2v) is 4.11. The molecule has 8 heteroatoms. The number of rotatable bonds is 4. The molecule has 1 heterocycles. The van der Waals surface area contributed by atoms with Crippen molar-refractivity contribution in [1.29, 1.82) is 0 Å². The highest BCUT2D eigenvalue weighted by atomic mass is 16.4. The number of carboxylic acids is 1. The highest BCUT2D eigenvalue weighted by molar-refractivity contribution is 6.06. The summed E-state index contributed by atoms with van der Waals surface area (Å²) in [6.45, 7) is -0.579. The number of anilines is 1. The van der Waals surface area contributed by atoms with E-state index in [0.29, 0.717) is 0 Å². The average Bonchev–Trinajstić information content (AvgIpc) is 2.46. The lowest BCUT2D eigenvalue weighted by atomic mass is 10.2. The molecule has 0 spiro atoms. The van der Waals surface area contributed by atoms with Crippen LogP contribution in [0.3, 0.4) is 0 Å². The van der Waals surface area contributed by atoms with Crippen molar-refractivity contribution in [1.82, 2.24) is 10.2 Å². The van der Waals surface area contributed by atoms with Gasteiger partial charge in [-0.15, -0.1) is 0 Å². The third-order valence-electron chi connectivity index (χ3n) is 2.60. The van der Waals surface area contributed by atoms with Crippen LogP contribution in [-0.2, 0) is 4.79 Å². The lowest BCUT2D eigenvalue weighted by Crippen LogP contribution is -2.36. The number of aromatic hydroxyl groups is 1. The van der Waals surface area contributed by atoms with E-state index in [4.69, 9.17) is 5.11 Å². The van der Waals surface area contributed by atoms with E-state index in [0.717, 1.165) is 11.0 Å². The standard InChI is InChI=1S/C13H11N3O5/c17-9-3-1-8(2-4-9)16(7-12(19)20)13(21)10-5-6-11(18)15-14-10/h1-6,17H,7H2,(H,15,18)(H,19,20). The van der Waals surface area contributed by atoms with Crippen molar-refractivity contribution in [2.45, 2.75) is 0 Å². The van der Waals surface area contributed by atoms with Gasteiger partial charge in [-0.25, -0.2) is 5.10 Å². The molecular weight excluding hydrogens is 278 g/mol. The number of H-pyrrole nitrogens is 1. The van der Waals surface area contributed by atoms with Gasteiger partial charge in [-0.05, 0) is 30.3 Å². The van der Waals surface area contributed by atoms with Crippen LogP contribution in [0.4, 0.5) is 5.69 Å². The largest absolute Gasteiger partial charge is 0.508 e. The zero-order valence-electron chi connectivity index (χ0n) is 10.7. The molecule has 108 valence electrons. The maximum absolute atomic E-state index is 12.3. The molecule has 1 aromatic heterocycles. The number of amides is 1. The Balaban J connectivity index is 2.37. The van der Waals surface area contributed by atoms with Crippen LogP contribution in [0, 0.1) is 0 Å². The van der Waals surface area contributed by atoms with Crippen LogP contribution in [0.15, 0.2) is 41.2 Å². The molecule has 0 saturated heterocycles. The summed E-state index contributed by atoms with van der Waals surface area (Å²) in [4.78, 5) is 35.1. The van der Waals surface area contributed by atoms with Crippen LogP contribution in [0.2, 0.25) is 0 Å². The second kappa shape index (κ2) is 5.87. The summed E-state index contributed by atoms with van der Waals surface area (Å²) in [6, 6.07) is 7.80. The molecule has 1 aromatic carbocycles. The van der Waals surface area contributed by atoms with Gasteiger partial charge in [0.05, 0.1) is 0 Å². The number of aromatic nitrogens is 2. The first-order chi connectivity index (χ1) is 9.97. The van der Waals surface area contributed by atoms with Crippen molar-refractivity contribution in [3.8, 4) is 5.75 Å². The Labute approximate surface area is 118 Å². The second-order valence-electron chi connectivity index (χ2n) is 4.11. The molecule has 3 N–H and O–H groups in total. The minimum absolute atomic E-state index is 0.0105. The highest BCUT2D eigenvalue weighted by Gasteiger charge is 2.21.